The van der Waals surface area contributed by atoms with Gasteiger partial charge in [-0.15, -0.1) is 12.4 Å². The van der Waals surface area contributed by atoms with Crippen LogP contribution in [-0.2, 0) is 4.79 Å². The fourth-order valence-corrected chi connectivity index (χ4v) is 1.75. The summed E-state index contributed by atoms with van der Waals surface area (Å²) in [7, 11) is 1.67. The lowest BCUT2D eigenvalue weighted by Crippen LogP contribution is -2.49. The topological polar surface area (TPSA) is 75.4 Å². The van der Waals surface area contributed by atoms with E-state index in [1.807, 2.05) is 6.92 Å². The predicted octanol–water partition coefficient (Wildman–Crippen LogP) is 1.69. The van der Waals surface area contributed by atoms with Gasteiger partial charge in [0.25, 0.3) is 5.91 Å². The maximum absolute atomic E-state index is 12.1. The van der Waals surface area contributed by atoms with Crippen LogP contribution < -0.4 is 11.1 Å². The third-order valence-electron chi connectivity index (χ3n) is 3.17. The van der Waals surface area contributed by atoms with Crippen LogP contribution in [0.3, 0.4) is 0 Å². The number of likely N-dealkylation sites (N-methyl/N-ethyl adjacent to an activating group) is 1. The van der Waals surface area contributed by atoms with Crippen molar-refractivity contribution < 1.29 is 9.59 Å². The second-order valence-corrected chi connectivity index (χ2v) is 5.17. The van der Waals surface area contributed by atoms with Gasteiger partial charge in [-0.05, 0) is 38.1 Å². The number of nitrogens with two attached hydrogens (primary N) is 1. The Labute approximate surface area is 136 Å². The highest BCUT2D eigenvalue weighted by Gasteiger charge is 2.22. The van der Waals surface area contributed by atoms with E-state index >= 15 is 0 Å². The van der Waals surface area contributed by atoms with Crippen LogP contribution in [0.4, 0.5) is 0 Å². The van der Waals surface area contributed by atoms with E-state index in [4.69, 9.17) is 17.3 Å². The summed E-state index contributed by atoms with van der Waals surface area (Å²) < 4.78 is 0. The van der Waals surface area contributed by atoms with E-state index in [1.54, 1.807) is 38.2 Å². The number of nitrogens with zero attached hydrogens (tertiary/aromatic N) is 1. The molecule has 2 amide bonds. The molecule has 0 aromatic heterocycles. The second kappa shape index (κ2) is 8.87. The molecule has 2 unspecified atom stereocenters. The van der Waals surface area contributed by atoms with Gasteiger partial charge in [-0.3, -0.25) is 9.59 Å². The summed E-state index contributed by atoms with van der Waals surface area (Å²) in [4.78, 5) is 25.6. The Morgan fingerprint density at radius 2 is 1.81 bits per heavy atom. The molecule has 0 fully saturated rings. The zero-order valence-corrected chi connectivity index (χ0v) is 13.9. The van der Waals surface area contributed by atoms with E-state index in [0.717, 1.165) is 0 Å². The summed E-state index contributed by atoms with van der Waals surface area (Å²) in [5.74, 6) is -0.485. The Bertz CT molecular complexity index is 480. The lowest BCUT2D eigenvalue weighted by molar-refractivity contribution is -0.133. The van der Waals surface area contributed by atoms with Gasteiger partial charge < -0.3 is 16.0 Å². The second-order valence-electron chi connectivity index (χ2n) is 4.74. The molecule has 0 aliphatic heterocycles. The van der Waals surface area contributed by atoms with E-state index in [2.05, 4.69) is 5.32 Å². The van der Waals surface area contributed by atoms with E-state index in [0.29, 0.717) is 17.1 Å². The number of nitrogens with one attached hydrogen (secondary N) is 1. The Hall–Kier alpha value is -1.30. The molecule has 1 rings (SSSR count). The zero-order valence-electron chi connectivity index (χ0n) is 12.3. The zero-order chi connectivity index (χ0) is 15.3. The first-order valence-corrected chi connectivity index (χ1v) is 6.77. The molecule has 0 aliphatic rings. The summed E-state index contributed by atoms with van der Waals surface area (Å²) in [6.07, 6.45) is 0. The van der Waals surface area contributed by atoms with Crippen molar-refractivity contribution in [3.8, 4) is 0 Å². The molecule has 0 radical (unpaired) electrons. The van der Waals surface area contributed by atoms with Gasteiger partial charge in [0.1, 0.15) is 6.04 Å². The van der Waals surface area contributed by atoms with Crippen LogP contribution in [0.1, 0.15) is 24.2 Å². The monoisotopic (exact) mass is 333 g/mol. The van der Waals surface area contributed by atoms with Gasteiger partial charge in [0.05, 0.1) is 0 Å². The molecule has 0 saturated carbocycles. The number of benzene rings is 1. The Morgan fingerprint density at radius 3 is 2.29 bits per heavy atom. The van der Waals surface area contributed by atoms with Crippen molar-refractivity contribution in [1.82, 2.24) is 10.2 Å². The molecular formula is C14H21Cl2N3O2. The van der Waals surface area contributed by atoms with Gasteiger partial charge in [0.15, 0.2) is 0 Å². The van der Waals surface area contributed by atoms with Crippen molar-refractivity contribution in [2.45, 2.75) is 25.9 Å². The van der Waals surface area contributed by atoms with E-state index in [-0.39, 0.29) is 30.3 Å². The summed E-state index contributed by atoms with van der Waals surface area (Å²) in [5, 5.41) is 3.22. The number of rotatable bonds is 5. The number of carbonyl (C=O) groups is 2. The maximum Gasteiger partial charge on any atom is 0.251 e. The Morgan fingerprint density at radius 1 is 1.29 bits per heavy atom. The van der Waals surface area contributed by atoms with Crippen molar-refractivity contribution in [2.75, 3.05) is 13.6 Å². The third kappa shape index (κ3) is 5.53. The SMILES string of the molecule is CC(NC(=O)c1ccc(Cl)cc1)C(=O)N(C)C(C)CN.Cl. The average molecular weight is 334 g/mol. The lowest BCUT2D eigenvalue weighted by Gasteiger charge is -2.27. The molecular weight excluding hydrogens is 313 g/mol. The normalized spacial score (nSPS) is 12.8. The highest BCUT2D eigenvalue weighted by Crippen LogP contribution is 2.09. The highest BCUT2D eigenvalue weighted by atomic mass is 35.5. The Balaban J connectivity index is 0.00000400. The molecule has 21 heavy (non-hydrogen) atoms. The minimum Gasteiger partial charge on any atom is -0.341 e. The van der Waals surface area contributed by atoms with Crippen LogP contribution in [0, 0.1) is 0 Å². The molecule has 7 heteroatoms. The molecule has 2 atom stereocenters. The number of hydrogen-bond donors (Lipinski definition) is 2. The van der Waals surface area contributed by atoms with Gasteiger partial charge in [0.2, 0.25) is 5.91 Å². The molecule has 0 heterocycles. The van der Waals surface area contributed by atoms with Crippen LogP contribution in [0.15, 0.2) is 24.3 Å². The molecule has 0 bridgehead atoms. The van der Waals surface area contributed by atoms with Crippen LogP contribution in [0.5, 0.6) is 0 Å². The summed E-state index contributed by atoms with van der Waals surface area (Å²) in [6.45, 7) is 3.88. The molecule has 0 aliphatic carbocycles. The highest BCUT2D eigenvalue weighted by molar-refractivity contribution is 6.30. The summed E-state index contributed by atoms with van der Waals surface area (Å²) in [5.41, 5.74) is 5.99. The van der Waals surface area contributed by atoms with Gasteiger partial charge in [-0.2, -0.15) is 0 Å². The fourth-order valence-electron chi connectivity index (χ4n) is 1.62. The van der Waals surface area contributed by atoms with E-state index < -0.39 is 6.04 Å². The number of amides is 2. The largest absolute Gasteiger partial charge is 0.341 e. The molecule has 3 N–H and O–H groups in total. The molecule has 0 saturated heterocycles. The van der Waals surface area contributed by atoms with Crippen LogP contribution in [0.25, 0.3) is 0 Å². The van der Waals surface area contributed by atoms with Crippen LogP contribution >= 0.6 is 24.0 Å². The first-order valence-electron chi connectivity index (χ1n) is 6.40. The first kappa shape index (κ1) is 19.7. The molecule has 5 nitrogen and oxygen atoms in total. The lowest BCUT2D eigenvalue weighted by atomic mass is 10.2. The summed E-state index contributed by atoms with van der Waals surface area (Å²) in [6, 6.07) is 5.80. The third-order valence-corrected chi connectivity index (χ3v) is 3.43. The molecule has 1 aromatic rings. The minimum absolute atomic E-state index is 0. The quantitative estimate of drug-likeness (QED) is 0.860. The fraction of sp³-hybridized carbons (Fsp3) is 0.429. The smallest absolute Gasteiger partial charge is 0.251 e. The predicted molar refractivity (Wildman–Crippen MR) is 86.9 cm³/mol. The maximum atomic E-state index is 12.1. The van der Waals surface area contributed by atoms with Crippen molar-refractivity contribution in [3.63, 3.8) is 0 Å². The number of carbonyl (C=O) groups excluding carboxylic acids is 2. The molecule has 118 valence electrons. The standard InChI is InChI=1S/C14H20ClN3O2.ClH/c1-9(8-16)18(3)14(20)10(2)17-13(19)11-4-6-12(15)7-5-11;/h4-7,9-10H,8,16H2,1-3H3,(H,17,19);1H. The van der Waals surface area contributed by atoms with Crippen molar-refractivity contribution >= 4 is 35.8 Å². The summed E-state index contributed by atoms with van der Waals surface area (Å²) >= 11 is 5.76. The first-order chi connectivity index (χ1) is 9.36. The van der Waals surface area contributed by atoms with Crippen LogP contribution in [0.2, 0.25) is 5.02 Å². The number of hydrogen-bond acceptors (Lipinski definition) is 3. The van der Waals surface area contributed by atoms with Crippen molar-refractivity contribution in [3.05, 3.63) is 34.9 Å². The van der Waals surface area contributed by atoms with Gasteiger partial charge >= 0.3 is 0 Å². The van der Waals surface area contributed by atoms with E-state index in [1.165, 1.54) is 4.90 Å². The Kier molecular flexibility index (Phi) is 8.32. The molecule has 0 spiro atoms. The van der Waals surface area contributed by atoms with Gasteiger partial charge in [-0.25, -0.2) is 0 Å². The number of halogens is 2. The van der Waals surface area contributed by atoms with Crippen molar-refractivity contribution in [2.24, 2.45) is 5.73 Å². The van der Waals surface area contributed by atoms with Crippen molar-refractivity contribution in [1.29, 1.82) is 0 Å². The average Bonchev–Trinajstić information content (AvgIpc) is 2.45. The van der Waals surface area contributed by atoms with Gasteiger partial charge in [0, 0.05) is 30.2 Å². The van der Waals surface area contributed by atoms with Gasteiger partial charge in [-0.1, -0.05) is 11.6 Å². The van der Waals surface area contributed by atoms with E-state index in [9.17, 15) is 9.59 Å². The minimum atomic E-state index is -0.614. The molecule has 1 aromatic carbocycles. The van der Waals surface area contributed by atoms with Crippen LogP contribution in [-0.4, -0.2) is 42.4 Å².